The Balaban J connectivity index is 4.35. The van der Waals surface area contributed by atoms with Crippen molar-refractivity contribution in [3.05, 3.63) is 0 Å². The molecule has 0 aromatic heterocycles. The Kier molecular flexibility index (Phi) is 6.18. The number of nitrogens with zero attached hydrogens (tertiary/aromatic N) is 1. The molecule has 0 fully saturated rings. The molecule has 0 atom stereocenters. The van der Waals surface area contributed by atoms with Crippen molar-refractivity contribution in [3.63, 3.8) is 0 Å². The second-order valence-corrected chi connectivity index (χ2v) is 4.69. The van der Waals surface area contributed by atoms with Crippen LogP contribution in [0.2, 0.25) is 0 Å². The second-order valence-electron chi connectivity index (χ2n) is 2.32. The lowest BCUT2D eigenvalue weighted by Crippen LogP contribution is -2.43. The predicted octanol–water partition coefficient (Wildman–Crippen LogP) is 0.0463. The molecule has 0 radical (unpaired) electrons. The topological polar surface area (TPSA) is 74.2 Å². The molecule has 0 aromatic rings. The first kappa shape index (κ1) is 13.1. The Morgan fingerprint density at radius 2 is 2.00 bits per heavy atom. The third kappa shape index (κ3) is 3.90. The van der Waals surface area contributed by atoms with Crippen molar-refractivity contribution >= 4 is 20.8 Å². The highest BCUT2D eigenvalue weighted by Crippen LogP contribution is 2.08. The van der Waals surface area contributed by atoms with E-state index < -0.39 is 8.97 Å². The maximum Gasteiger partial charge on any atom is 0.663 e. The van der Waals surface area contributed by atoms with E-state index in [2.05, 4.69) is 4.66 Å². The Labute approximate surface area is 83.3 Å². The average molecular weight is 219 g/mol. The van der Waals surface area contributed by atoms with Gasteiger partial charge in [-0.3, -0.25) is 4.79 Å². The van der Waals surface area contributed by atoms with Crippen LogP contribution in [-0.4, -0.2) is 41.7 Å². The zero-order valence-electron chi connectivity index (χ0n) is 8.40. The molecule has 7 heteroatoms. The maximum atomic E-state index is 10.9. The van der Waals surface area contributed by atoms with Crippen LogP contribution in [0.15, 0.2) is 4.66 Å². The Hall–Kier alpha value is -0.853. The summed E-state index contributed by atoms with van der Waals surface area (Å²) in [7, 11) is -0.745. The van der Waals surface area contributed by atoms with Gasteiger partial charge in [-0.15, -0.1) is 0 Å². The monoisotopic (exact) mass is 219 g/mol. The standard InChI is InChI=1S/C7H13NO5Si/c1-4-7(10)5-13-14(11-2,12-3)8-6-9/h4-5H2,1-3H3. The average Bonchev–Trinajstić information content (AvgIpc) is 2.24. The molecule has 0 saturated carbocycles. The lowest BCUT2D eigenvalue weighted by molar-refractivity contribution is -0.122. The van der Waals surface area contributed by atoms with Gasteiger partial charge in [0.25, 0.3) is 0 Å². The highest BCUT2D eigenvalue weighted by molar-refractivity contribution is 6.59. The van der Waals surface area contributed by atoms with Crippen LogP contribution in [0, 0.1) is 0 Å². The van der Waals surface area contributed by atoms with Crippen LogP contribution in [0.1, 0.15) is 13.3 Å². The molecular formula is C7H13NO5Si. The van der Waals surface area contributed by atoms with E-state index in [0.29, 0.717) is 6.42 Å². The maximum absolute atomic E-state index is 10.9. The summed E-state index contributed by atoms with van der Waals surface area (Å²) in [4.78, 5) is 21.0. The fraction of sp³-hybridized carbons (Fsp3) is 0.714. The molecule has 0 N–H and O–H groups in total. The minimum absolute atomic E-state index is 0.114. The van der Waals surface area contributed by atoms with E-state index in [4.69, 9.17) is 13.3 Å². The summed E-state index contributed by atoms with van der Waals surface area (Å²) in [6, 6.07) is 0. The van der Waals surface area contributed by atoms with Gasteiger partial charge in [-0.2, -0.15) is 4.66 Å². The molecule has 0 aliphatic heterocycles. The predicted molar refractivity (Wildman–Crippen MR) is 49.1 cm³/mol. The number of carbonyl (C=O) groups is 1. The van der Waals surface area contributed by atoms with Crippen molar-refractivity contribution in [3.8, 4) is 0 Å². The number of hydrogen-bond donors (Lipinski definition) is 0. The Morgan fingerprint density at radius 1 is 1.43 bits per heavy atom. The third-order valence-corrected chi connectivity index (χ3v) is 3.41. The van der Waals surface area contributed by atoms with Gasteiger partial charge in [0.05, 0.1) is 6.61 Å². The van der Waals surface area contributed by atoms with Crippen molar-refractivity contribution in [1.29, 1.82) is 0 Å². The normalized spacial score (nSPS) is 10.8. The molecule has 0 amide bonds. The quantitative estimate of drug-likeness (QED) is 0.343. The molecule has 0 aliphatic carbocycles. The molecule has 0 heterocycles. The number of carbonyl (C=O) groups excluding carboxylic acids is 2. The summed E-state index contributed by atoms with van der Waals surface area (Å²) in [5, 5.41) is 0. The fourth-order valence-electron chi connectivity index (χ4n) is 0.654. The molecule has 0 spiro atoms. The molecule has 80 valence electrons. The van der Waals surface area contributed by atoms with Crippen molar-refractivity contribution < 1.29 is 22.9 Å². The molecule has 0 aromatic carbocycles. The number of isocyanates is 1. The third-order valence-electron chi connectivity index (χ3n) is 1.51. The van der Waals surface area contributed by atoms with E-state index in [9.17, 15) is 9.59 Å². The molecule has 0 saturated heterocycles. The smallest absolute Gasteiger partial charge is 0.358 e. The first-order chi connectivity index (χ1) is 6.64. The van der Waals surface area contributed by atoms with E-state index >= 15 is 0 Å². The first-order valence-electron chi connectivity index (χ1n) is 3.99. The van der Waals surface area contributed by atoms with E-state index in [1.165, 1.54) is 20.3 Å². The van der Waals surface area contributed by atoms with Crippen molar-refractivity contribution in [2.45, 2.75) is 13.3 Å². The van der Waals surface area contributed by atoms with Crippen LogP contribution in [0.4, 0.5) is 0 Å². The molecule has 6 nitrogen and oxygen atoms in total. The summed E-state index contributed by atoms with van der Waals surface area (Å²) in [5.41, 5.74) is 0. The molecule has 14 heavy (non-hydrogen) atoms. The number of Topliss-reactive ketones (excluding diaryl/α,β-unsaturated/α-hetero) is 1. The Bertz CT molecular complexity index is 234. The van der Waals surface area contributed by atoms with Gasteiger partial charge in [-0.1, -0.05) is 6.92 Å². The van der Waals surface area contributed by atoms with Gasteiger partial charge in [0, 0.05) is 20.6 Å². The lowest BCUT2D eigenvalue weighted by Gasteiger charge is -2.18. The van der Waals surface area contributed by atoms with Crippen LogP contribution in [0.3, 0.4) is 0 Å². The fourth-order valence-corrected chi connectivity index (χ4v) is 1.76. The van der Waals surface area contributed by atoms with E-state index in [1.807, 2.05) is 0 Å². The summed E-state index contributed by atoms with van der Waals surface area (Å²) in [6.45, 7) is 1.53. The lowest BCUT2D eigenvalue weighted by atomic mass is 10.3. The van der Waals surface area contributed by atoms with Crippen LogP contribution in [0.25, 0.3) is 0 Å². The number of ketones is 1. The second kappa shape index (κ2) is 6.58. The largest absolute Gasteiger partial charge is 0.663 e. The summed E-state index contributed by atoms with van der Waals surface area (Å²) >= 11 is 0. The van der Waals surface area contributed by atoms with Crippen LogP contribution >= 0.6 is 0 Å². The highest BCUT2D eigenvalue weighted by Gasteiger charge is 2.41. The summed E-state index contributed by atoms with van der Waals surface area (Å²) < 4.78 is 18.0. The van der Waals surface area contributed by atoms with Crippen LogP contribution in [-0.2, 0) is 22.9 Å². The summed E-state index contributed by atoms with van der Waals surface area (Å²) in [6.07, 6.45) is 1.65. The zero-order valence-corrected chi connectivity index (χ0v) is 9.40. The van der Waals surface area contributed by atoms with Gasteiger partial charge < -0.3 is 13.3 Å². The molecule has 0 aliphatic rings. The SMILES string of the molecule is CCC(=O)CO[Si](N=C=O)(OC)OC. The van der Waals surface area contributed by atoms with Crippen molar-refractivity contribution in [1.82, 2.24) is 0 Å². The first-order valence-corrected chi connectivity index (χ1v) is 5.66. The molecule has 0 rings (SSSR count). The van der Waals surface area contributed by atoms with Gasteiger partial charge in [0.15, 0.2) is 5.78 Å². The highest BCUT2D eigenvalue weighted by atomic mass is 28.4. The van der Waals surface area contributed by atoms with E-state index in [0.717, 1.165) is 0 Å². The van der Waals surface area contributed by atoms with E-state index in [-0.39, 0.29) is 12.4 Å². The van der Waals surface area contributed by atoms with Crippen molar-refractivity contribution in [2.24, 2.45) is 4.66 Å². The summed E-state index contributed by atoms with van der Waals surface area (Å²) in [5.74, 6) is -0.114. The van der Waals surface area contributed by atoms with Crippen LogP contribution in [0.5, 0.6) is 0 Å². The van der Waals surface area contributed by atoms with Gasteiger partial charge in [0.1, 0.15) is 0 Å². The number of hydrogen-bond acceptors (Lipinski definition) is 6. The zero-order chi connectivity index (χ0) is 11.0. The minimum atomic E-state index is -3.34. The molecule has 0 unspecified atom stereocenters. The van der Waals surface area contributed by atoms with Crippen LogP contribution < -0.4 is 0 Å². The Morgan fingerprint density at radius 3 is 2.36 bits per heavy atom. The van der Waals surface area contributed by atoms with Gasteiger partial charge >= 0.3 is 8.97 Å². The molecular weight excluding hydrogens is 206 g/mol. The number of rotatable bonds is 7. The van der Waals surface area contributed by atoms with E-state index in [1.54, 1.807) is 6.92 Å². The van der Waals surface area contributed by atoms with Gasteiger partial charge in [-0.05, 0) is 0 Å². The van der Waals surface area contributed by atoms with Gasteiger partial charge in [0.2, 0.25) is 6.08 Å². The minimum Gasteiger partial charge on any atom is -0.358 e. The van der Waals surface area contributed by atoms with Gasteiger partial charge in [-0.25, -0.2) is 4.79 Å². The van der Waals surface area contributed by atoms with Crippen molar-refractivity contribution in [2.75, 3.05) is 20.8 Å². The molecule has 0 bridgehead atoms.